The number of furan rings is 1. The number of Topliss-reactive ketones (excluding diaryl/α,β-unsaturated/α-hetero) is 1. The minimum atomic E-state index is -1.08. The van der Waals surface area contributed by atoms with Gasteiger partial charge in [-0.3, -0.25) is 4.79 Å². The van der Waals surface area contributed by atoms with E-state index in [0.29, 0.717) is 30.4 Å². The predicted octanol–water partition coefficient (Wildman–Crippen LogP) is 2.44. The Morgan fingerprint density at radius 2 is 1.88 bits per heavy atom. The minimum absolute atomic E-state index is 0.282. The van der Waals surface area contributed by atoms with Gasteiger partial charge in [-0.1, -0.05) is 38.1 Å². The Balaban J connectivity index is 1.62. The number of benzene rings is 1. The van der Waals surface area contributed by atoms with Gasteiger partial charge in [0.05, 0.1) is 18.5 Å². The van der Waals surface area contributed by atoms with Crippen LogP contribution in [0.1, 0.15) is 36.7 Å². The number of nitrogens with one attached hydrogen (secondary N) is 2. The summed E-state index contributed by atoms with van der Waals surface area (Å²) in [4.78, 5) is 11.9. The second-order valence-corrected chi connectivity index (χ2v) is 6.24. The molecule has 0 saturated heterocycles. The molecule has 0 saturated carbocycles. The van der Waals surface area contributed by atoms with Crippen LogP contribution < -0.4 is 10.6 Å². The zero-order chi connectivity index (χ0) is 17.1. The van der Waals surface area contributed by atoms with Gasteiger partial charge in [-0.2, -0.15) is 0 Å². The molecule has 0 aliphatic heterocycles. The highest BCUT2D eigenvalue weighted by molar-refractivity contribution is 6.07. The SMILES string of the molecule is CC(C)c1ccc(CNC2=C(NCc3ccco3)C(O)C2=O)cc1. The molecular weight excluding hydrogens is 304 g/mol. The Kier molecular flexibility index (Phi) is 4.71. The maximum atomic E-state index is 11.9. The maximum absolute atomic E-state index is 11.9. The number of hydrogen-bond donors (Lipinski definition) is 3. The first-order chi connectivity index (χ1) is 11.6. The van der Waals surface area contributed by atoms with Crippen molar-refractivity contribution in [2.24, 2.45) is 0 Å². The molecule has 24 heavy (non-hydrogen) atoms. The smallest absolute Gasteiger partial charge is 0.215 e. The van der Waals surface area contributed by atoms with E-state index in [1.807, 2.05) is 6.07 Å². The fourth-order valence-corrected chi connectivity index (χ4v) is 2.63. The second-order valence-electron chi connectivity index (χ2n) is 6.24. The Hall–Kier alpha value is -2.53. The van der Waals surface area contributed by atoms with Crippen LogP contribution >= 0.6 is 0 Å². The molecule has 0 bridgehead atoms. The molecule has 1 aliphatic rings. The zero-order valence-corrected chi connectivity index (χ0v) is 13.9. The Morgan fingerprint density at radius 1 is 1.12 bits per heavy atom. The van der Waals surface area contributed by atoms with Crippen molar-refractivity contribution < 1.29 is 14.3 Å². The van der Waals surface area contributed by atoms with Crippen molar-refractivity contribution in [1.29, 1.82) is 0 Å². The van der Waals surface area contributed by atoms with Gasteiger partial charge < -0.3 is 20.2 Å². The summed E-state index contributed by atoms with van der Waals surface area (Å²) in [6.45, 7) is 5.28. The van der Waals surface area contributed by atoms with Crippen LogP contribution in [0.25, 0.3) is 0 Å². The minimum Gasteiger partial charge on any atom is -0.467 e. The van der Waals surface area contributed by atoms with Gasteiger partial charge in [-0.15, -0.1) is 0 Å². The molecule has 2 aromatic rings. The van der Waals surface area contributed by atoms with Crippen LogP contribution in [0.2, 0.25) is 0 Å². The van der Waals surface area contributed by atoms with E-state index in [9.17, 15) is 9.90 Å². The van der Waals surface area contributed by atoms with E-state index in [0.717, 1.165) is 11.3 Å². The first-order valence-corrected chi connectivity index (χ1v) is 8.11. The van der Waals surface area contributed by atoms with Crippen molar-refractivity contribution in [1.82, 2.24) is 10.6 Å². The van der Waals surface area contributed by atoms with E-state index in [2.05, 4.69) is 48.7 Å². The quantitative estimate of drug-likeness (QED) is 0.729. The summed E-state index contributed by atoms with van der Waals surface area (Å²) in [7, 11) is 0. The first kappa shape index (κ1) is 16.3. The maximum Gasteiger partial charge on any atom is 0.215 e. The molecule has 1 heterocycles. The molecule has 1 unspecified atom stereocenters. The van der Waals surface area contributed by atoms with Crippen LogP contribution in [-0.2, 0) is 17.9 Å². The van der Waals surface area contributed by atoms with Crippen LogP contribution in [0.3, 0.4) is 0 Å². The largest absolute Gasteiger partial charge is 0.467 e. The van der Waals surface area contributed by atoms with Crippen molar-refractivity contribution in [3.05, 3.63) is 70.9 Å². The van der Waals surface area contributed by atoms with Crippen LogP contribution in [-0.4, -0.2) is 17.0 Å². The van der Waals surface area contributed by atoms with Gasteiger partial charge in [0.1, 0.15) is 11.5 Å². The van der Waals surface area contributed by atoms with Crippen molar-refractivity contribution in [2.75, 3.05) is 0 Å². The average Bonchev–Trinajstić information content (AvgIpc) is 3.10. The van der Waals surface area contributed by atoms with Crippen molar-refractivity contribution in [2.45, 2.75) is 39.0 Å². The van der Waals surface area contributed by atoms with Gasteiger partial charge >= 0.3 is 0 Å². The van der Waals surface area contributed by atoms with E-state index in [1.165, 1.54) is 5.56 Å². The Bertz CT molecular complexity index is 730. The van der Waals surface area contributed by atoms with Crippen LogP contribution in [0, 0.1) is 0 Å². The van der Waals surface area contributed by atoms with E-state index < -0.39 is 6.10 Å². The van der Waals surface area contributed by atoms with E-state index in [-0.39, 0.29) is 5.78 Å². The molecule has 126 valence electrons. The van der Waals surface area contributed by atoms with Gasteiger partial charge in [-0.25, -0.2) is 0 Å². The van der Waals surface area contributed by atoms with Crippen LogP contribution in [0.15, 0.2) is 58.5 Å². The number of rotatable bonds is 7. The second kappa shape index (κ2) is 6.93. The predicted molar refractivity (Wildman–Crippen MR) is 91.0 cm³/mol. The molecule has 0 spiro atoms. The lowest BCUT2D eigenvalue weighted by molar-refractivity contribution is -0.125. The van der Waals surface area contributed by atoms with Crippen LogP contribution in [0.5, 0.6) is 0 Å². The fraction of sp³-hybridized carbons (Fsp3) is 0.316. The molecular formula is C19H22N2O3. The van der Waals surface area contributed by atoms with E-state index in [1.54, 1.807) is 12.3 Å². The number of ketones is 1. The fourth-order valence-electron chi connectivity index (χ4n) is 2.63. The third kappa shape index (κ3) is 3.36. The third-order valence-electron chi connectivity index (χ3n) is 4.19. The number of hydrogen-bond acceptors (Lipinski definition) is 5. The first-order valence-electron chi connectivity index (χ1n) is 8.11. The van der Waals surface area contributed by atoms with Gasteiger partial charge in [0.2, 0.25) is 5.78 Å². The van der Waals surface area contributed by atoms with Crippen LogP contribution in [0.4, 0.5) is 0 Å². The van der Waals surface area contributed by atoms with Crippen molar-refractivity contribution in [3.63, 3.8) is 0 Å². The highest BCUT2D eigenvalue weighted by Crippen LogP contribution is 2.22. The lowest BCUT2D eigenvalue weighted by Gasteiger charge is -2.29. The standard InChI is InChI=1S/C19H22N2O3/c1-12(2)14-7-5-13(6-8-14)10-20-16-17(19(23)18(16)22)21-11-15-4-3-9-24-15/h3-9,12,19-21,23H,10-11H2,1-2H3. The van der Waals surface area contributed by atoms with Gasteiger partial charge in [0.25, 0.3) is 0 Å². The highest BCUT2D eigenvalue weighted by atomic mass is 16.3. The van der Waals surface area contributed by atoms with Gasteiger partial charge in [0, 0.05) is 6.54 Å². The molecule has 5 nitrogen and oxygen atoms in total. The molecule has 5 heteroatoms. The number of aliphatic hydroxyl groups excluding tert-OH is 1. The summed E-state index contributed by atoms with van der Waals surface area (Å²) >= 11 is 0. The molecule has 1 aromatic heterocycles. The van der Waals surface area contributed by atoms with E-state index >= 15 is 0 Å². The summed E-state index contributed by atoms with van der Waals surface area (Å²) in [5, 5.41) is 16.0. The van der Waals surface area contributed by atoms with Crippen molar-refractivity contribution in [3.8, 4) is 0 Å². The molecule has 0 amide bonds. The molecule has 1 aromatic carbocycles. The third-order valence-corrected chi connectivity index (χ3v) is 4.19. The Labute approximate surface area is 141 Å². The van der Waals surface area contributed by atoms with E-state index in [4.69, 9.17) is 4.42 Å². The number of aliphatic hydroxyl groups is 1. The van der Waals surface area contributed by atoms with Gasteiger partial charge in [-0.05, 0) is 29.2 Å². The van der Waals surface area contributed by atoms with Crippen molar-refractivity contribution >= 4 is 5.78 Å². The summed E-state index contributed by atoms with van der Waals surface area (Å²) in [5.74, 6) is 0.962. The van der Waals surface area contributed by atoms with Gasteiger partial charge in [0.15, 0.2) is 6.10 Å². The topological polar surface area (TPSA) is 74.5 Å². The molecule has 0 radical (unpaired) electrons. The summed E-state index contributed by atoms with van der Waals surface area (Å²) in [6, 6.07) is 11.9. The monoisotopic (exact) mass is 326 g/mol. The average molecular weight is 326 g/mol. The number of carbonyl (C=O) groups is 1. The lowest BCUT2D eigenvalue weighted by atomic mass is 9.94. The summed E-state index contributed by atoms with van der Waals surface area (Å²) < 4.78 is 5.24. The summed E-state index contributed by atoms with van der Waals surface area (Å²) in [5.41, 5.74) is 3.34. The lowest BCUT2D eigenvalue weighted by Crippen LogP contribution is -2.47. The zero-order valence-electron chi connectivity index (χ0n) is 13.9. The molecule has 0 fully saturated rings. The normalized spacial score (nSPS) is 17.2. The molecule has 3 rings (SSSR count). The summed E-state index contributed by atoms with van der Waals surface area (Å²) in [6.07, 6.45) is 0.513. The number of carbonyl (C=O) groups excluding carboxylic acids is 1. The highest BCUT2D eigenvalue weighted by Gasteiger charge is 2.37. The Morgan fingerprint density at radius 3 is 2.50 bits per heavy atom. The molecule has 1 atom stereocenters. The molecule has 1 aliphatic carbocycles. The molecule has 3 N–H and O–H groups in total.